The second-order valence-electron chi connectivity index (χ2n) is 6.71. The summed E-state index contributed by atoms with van der Waals surface area (Å²) in [6, 6.07) is 1.49. The van der Waals surface area contributed by atoms with Gasteiger partial charge in [0.15, 0.2) is 0 Å². The lowest BCUT2D eigenvalue weighted by atomic mass is 9.91. The Hall–Kier alpha value is -3.03. The normalized spacial score (nSPS) is 19.8. The van der Waals surface area contributed by atoms with Crippen LogP contribution in [0.15, 0.2) is 31.0 Å². The van der Waals surface area contributed by atoms with Gasteiger partial charge in [0, 0.05) is 24.5 Å². The maximum atomic E-state index is 12.8. The fourth-order valence-electron chi connectivity index (χ4n) is 3.18. The summed E-state index contributed by atoms with van der Waals surface area (Å²) >= 11 is 0. The fourth-order valence-corrected chi connectivity index (χ4v) is 3.18. The first-order valence-corrected chi connectivity index (χ1v) is 8.54. The first kappa shape index (κ1) is 17.8. The van der Waals surface area contributed by atoms with E-state index in [9.17, 15) is 9.59 Å². The molecule has 3 heterocycles. The molecule has 136 valence electrons. The molecule has 0 unspecified atom stereocenters. The van der Waals surface area contributed by atoms with Gasteiger partial charge in [-0.3, -0.25) is 9.59 Å². The summed E-state index contributed by atoms with van der Waals surface area (Å²) < 4.78 is 0. The van der Waals surface area contributed by atoms with Crippen molar-refractivity contribution in [2.75, 3.05) is 17.6 Å². The van der Waals surface area contributed by atoms with E-state index in [4.69, 9.17) is 5.73 Å². The van der Waals surface area contributed by atoms with Crippen molar-refractivity contribution in [3.05, 3.63) is 42.1 Å². The van der Waals surface area contributed by atoms with E-state index in [0.717, 1.165) is 24.0 Å². The Labute approximate surface area is 151 Å². The third kappa shape index (κ3) is 3.79. The Kier molecular flexibility index (Phi) is 5.11. The highest BCUT2D eigenvalue weighted by Crippen LogP contribution is 2.32. The molecule has 0 radical (unpaired) electrons. The highest BCUT2D eigenvalue weighted by molar-refractivity contribution is 6.39. The Morgan fingerprint density at radius 2 is 1.96 bits per heavy atom. The Morgan fingerprint density at radius 3 is 2.65 bits per heavy atom. The van der Waals surface area contributed by atoms with Crippen LogP contribution >= 0.6 is 0 Å². The number of carbonyl (C=O) groups excluding carboxylic acids is 2. The number of nitrogens with two attached hydrogens (primary N) is 1. The van der Waals surface area contributed by atoms with Crippen molar-refractivity contribution in [2.24, 2.45) is 5.92 Å². The van der Waals surface area contributed by atoms with Crippen molar-refractivity contribution >= 4 is 23.3 Å². The molecule has 0 aliphatic carbocycles. The number of nitrogens with zero attached hydrogens (tertiary/aromatic N) is 4. The molecule has 0 aromatic carbocycles. The van der Waals surface area contributed by atoms with Crippen LogP contribution in [0.3, 0.4) is 0 Å². The number of likely N-dealkylation sites (tertiary alicyclic amines) is 1. The summed E-state index contributed by atoms with van der Waals surface area (Å²) in [7, 11) is 0. The number of aryl methyl sites for hydroxylation is 1. The monoisotopic (exact) mass is 354 g/mol. The lowest BCUT2D eigenvalue weighted by molar-refractivity contribution is -0.146. The van der Waals surface area contributed by atoms with E-state index in [1.165, 1.54) is 12.5 Å². The van der Waals surface area contributed by atoms with Crippen molar-refractivity contribution in [2.45, 2.75) is 32.7 Å². The molecule has 2 aromatic rings. The maximum absolute atomic E-state index is 12.8. The molecule has 8 nitrogen and oxygen atoms in total. The van der Waals surface area contributed by atoms with E-state index in [-0.39, 0.29) is 6.04 Å². The average Bonchev–Trinajstić information content (AvgIpc) is 2.64. The number of nitrogens with one attached hydrogen (secondary N) is 1. The first-order valence-electron chi connectivity index (χ1n) is 8.54. The third-order valence-electron chi connectivity index (χ3n) is 4.61. The van der Waals surface area contributed by atoms with E-state index in [2.05, 4.69) is 27.2 Å². The number of nitrogen functional groups attached to an aromatic ring is 1. The minimum atomic E-state index is -0.688. The molecule has 0 bridgehead atoms. The molecule has 2 amide bonds. The van der Waals surface area contributed by atoms with Crippen LogP contribution in [0.1, 0.15) is 36.9 Å². The van der Waals surface area contributed by atoms with E-state index >= 15 is 0 Å². The van der Waals surface area contributed by atoms with Crippen LogP contribution in [0, 0.1) is 12.8 Å². The van der Waals surface area contributed by atoms with Gasteiger partial charge >= 0.3 is 11.8 Å². The predicted molar refractivity (Wildman–Crippen MR) is 96.9 cm³/mol. The smallest absolute Gasteiger partial charge is 0.313 e. The molecule has 0 saturated carbocycles. The largest absolute Gasteiger partial charge is 0.383 e. The number of hydrogen-bond donors (Lipinski definition) is 2. The number of pyridine rings is 1. The molecule has 3 rings (SSSR count). The number of carbonyl (C=O) groups is 2. The van der Waals surface area contributed by atoms with Crippen molar-refractivity contribution in [1.82, 2.24) is 19.9 Å². The second-order valence-corrected chi connectivity index (χ2v) is 6.71. The van der Waals surface area contributed by atoms with Gasteiger partial charge in [-0.05, 0) is 37.3 Å². The van der Waals surface area contributed by atoms with Crippen LogP contribution in [0.2, 0.25) is 0 Å². The number of aromatic nitrogens is 3. The first-order chi connectivity index (χ1) is 12.5. The quantitative estimate of drug-likeness (QED) is 0.794. The van der Waals surface area contributed by atoms with Crippen molar-refractivity contribution in [1.29, 1.82) is 0 Å². The van der Waals surface area contributed by atoms with Gasteiger partial charge in [-0.25, -0.2) is 15.0 Å². The van der Waals surface area contributed by atoms with Crippen LogP contribution in [0.4, 0.5) is 11.5 Å². The van der Waals surface area contributed by atoms with E-state index in [1.54, 1.807) is 30.3 Å². The van der Waals surface area contributed by atoms with Crippen LogP contribution in [-0.2, 0) is 9.59 Å². The molecule has 3 N–H and O–H groups in total. The minimum Gasteiger partial charge on any atom is -0.383 e. The highest BCUT2D eigenvalue weighted by Gasteiger charge is 2.34. The SMILES string of the molecule is Cc1cc(NC(=O)C(=O)N2C[C@@H](C)CC[C@@H]2c2cncnc2)cnc1N. The number of anilines is 2. The number of hydrogen-bond acceptors (Lipinski definition) is 6. The maximum Gasteiger partial charge on any atom is 0.313 e. The zero-order chi connectivity index (χ0) is 18.7. The summed E-state index contributed by atoms with van der Waals surface area (Å²) in [5, 5.41) is 2.61. The third-order valence-corrected chi connectivity index (χ3v) is 4.61. The topological polar surface area (TPSA) is 114 Å². The molecule has 1 fully saturated rings. The van der Waals surface area contributed by atoms with Crippen molar-refractivity contribution in [3.63, 3.8) is 0 Å². The summed E-state index contributed by atoms with van der Waals surface area (Å²) in [5.74, 6) is -0.539. The zero-order valence-electron chi connectivity index (χ0n) is 14.8. The summed E-state index contributed by atoms with van der Waals surface area (Å²) in [6.45, 7) is 4.38. The molecule has 1 aliphatic heterocycles. The number of amides is 2. The molecular formula is C18H22N6O2. The van der Waals surface area contributed by atoms with E-state index < -0.39 is 11.8 Å². The number of piperidine rings is 1. The molecule has 1 saturated heterocycles. The summed E-state index contributed by atoms with van der Waals surface area (Å²) in [6.07, 6.45) is 8.03. The Balaban J connectivity index is 1.78. The number of rotatable bonds is 2. The van der Waals surface area contributed by atoms with Crippen LogP contribution in [0.25, 0.3) is 0 Å². The fraction of sp³-hybridized carbons (Fsp3) is 0.389. The molecule has 0 spiro atoms. The predicted octanol–water partition coefficient (Wildman–Crippen LogP) is 1.70. The zero-order valence-corrected chi connectivity index (χ0v) is 14.8. The lowest BCUT2D eigenvalue weighted by Crippen LogP contribution is -2.46. The van der Waals surface area contributed by atoms with Crippen LogP contribution in [-0.4, -0.2) is 38.2 Å². The summed E-state index contributed by atoms with van der Waals surface area (Å²) in [4.78, 5) is 39.0. The standard InChI is InChI=1S/C18H22N6O2/c1-11-3-4-15(13-6-20-10-21-7-13)24(9-11)18(26)17(25)23-14-5-12(2)16(19)22-8-14/h5-8,10-11,15H,3-4,9H2,1-2H3,(H2,19,22)(H,23,25)/t11-,15+/m0/s1. The Morgan fingerprint density at radius 1 is 1.23 bits per heavy atom. The van der Waals surface area contributed by atoms with Gasteiger partial charge in [0.2, 0.25) is 0 Å². The molecule has 2 atom stereocenters. The van der Waals surface area contributed by atoms with Gasteiger partial charge in [0.25, 0.3) is 0 Å². The van der Waals surface area contributed by atoms with E-state index in [0.29, 0.717) is 24.0 Å². The molecule has 1 aliphatic rings. The van der Waals surface area contributed by atoms with Gasteiger partial charge in [-0.2, -0.15) is 0 Å². The summed E-state index contributed by atoms with van der Waals surface area (Å²) in [5.41, 5.74) is 7.70. The average molecular weight is 354 g/mol. The Bertz CT molecular complexity index is 811. The van der Waals surface area contributed by atoms with Crippen molar-refractivity contribution in [3.8, 4) is 0 Å². The van der Waals surface area contributed by atoms with Crippen molar-refractivity contribution < 1.29 is 9.59 Å². The second kappa shape index (κ2) is 7.47. The van der Waals surface area contributed by atoms with Crippen LogP contribution < -0.4 is 11.1 Å². The van der Waals surface area contributed by atoms with Gasteiger partial charge in [0.05, 0.1) is 17.9 Å². The van der Waals surface area contributed by atoms with Gasteiger partial charge in [0.1, 0.15) is 12.1 Å². The van der Waals surface area contributed by atoms with Gasteiger partial charge in [-0.1, -0.05) is 6.92 Å². The molecule has 2 aromatic heterocycles. The minimum absolute atomic E-state index is 0.197. The molecule has 26 heavy (non-hydrogen) atoms. The van der Waals surface area contributed by atoms with Gasteiger partial charge in [-0.15, -0.1) is 0 Å². The molecule has 8 heteroatoms. The highest BCUT2D eigenvalue weighted by atomic mass is 16.2. The lowest BCUT2D eigenvalue weighted by Gasteiger charge is -2.38. The molecular weight excluding hydrogens is 332 g/mol. The van der Waals surface area contributed by atoms with Gasteiger partial charge < -0.3 is 16.0 Å². The van der Waals surface area contributed by atoms with E-state index in [1.807, 2.05) is 0 Å². The van der Waals surface area contributed by atoms with Crippen LogP contribution in [0.5, 0.6) is 0 Å².